The zero-order chi connectivity index (χ0) is 23.7. The normalized spacial score (nSPS) is 14.9. The number of thioether (sulfide) groups is 1. The number of nitrogens with zero attached hydrogens (tertiary/aromatic N) is 1. The van der Waals surface area contributed by atoms with Gasteiger partial charge >= 0.3 is 0 Å². The molecule has 3 aromatic carbocycles. The summed E-state index contributed by atoms with van der Waals surface area (Å²) in [6, 6.07) is 16.2. The van der Waals surface area contributed by atoms with Crippen molar-refractivity contribution in [1.82, 2.24) is 0 Å². The molecule has 1 fully saturated rings. The molecule has 33 heavy (non-hydrogen) atoms. The van der Waals surface area contributed by atoms with E-state index in [0.29, 0.717) is 42.3 Å². The van der Waals surface area contributed by atoms with Crippen LogP contribution in [0.25, 0.3) is 6.08 Å². The van der Waals surface area contributed by atoms with Crippen molar-refractivity contribution in [2.75, 3.05) is 4.90 Å². The second kappa shape index (κ2) is 10.7. The Morgan fingerprint density at radius 1 is 0.970 bits per heavy atom. The number of halogens is 5. The zero-order valence-corrected chi connectivity index (χ0v) is 23.5. The summed E-state index contributed by atoms with van der Waals surface area (Å²) in [5.74, 6) is 0.408. The largest absolute Gasteiger partial charge is 0.486 e. The lowest BCUT2D eigenvalue weighted by atomic mass is 10.2. The fraction of sp³-hybridized carbons (Fsp3) is 0.0435. The highest BCUT2D eigenvalue weighted by Gasteiger charge is 2.33. The minimum absolute atomic E-state index is 0.227. The quantitative estimate of drug-likeness (QED) is 0.201. The second-order valence-corrected chi connectivity index (χ2v) is 11.4. The van der Waals surface area contributed by atoms with Crippen LogP contribution in [0.2, 0.25) is 15.1 Å². The summed E-state index contributed by atoms with van der Waals surface area (Å²) in [5, 5.41) is 1.41. The van der Waals surface area contributed by atoms with Crippen LogP contribution in [0.3, 0.4) is 0 Å². The van der Waals surface area contributed by atoms with E-state index in [1.54, 1.807) is 24.3 Å². The number of anilines is 1. The third-order valence-electron chi connectivity index (χ3n) is 4.60. The highest BCUT2D eigenvalue weighted by atomic mass is 79.9. The van der Waals surface area contributed by atoms with Crippen LogP contribution in [-0.2, 0) is 11.4 Å². The maximum atomic E-state index is 13.1. The molecule has 0 saturated carbocycles. The van der Waals surface area contributed by atoms with E-state index in [1.165, 1.54) is 16.7 Å². The van der Waals surface area contributed by atoms with Gasteiger partial charge in [0.1, 0.15) is 12.4 Å². The number of thiocarbonyl (C=S) groups is 1. The molecule has 0 spiro atoms. The predicted octanol–water partition coefficient (Wildman–Crippen LogP) is 9.16. The number of carbonyl (C=O) groups excluding carboxylic acids is 1. The molecule has 1 aliphatic heterocycles. The Bertz CT molecular complexity index is 1290. The molecular formula is C23H12Br2Cl3NO2S2. The SMILES string of the molecule is O=C1/C(=C/c2cc(Br)c(OCc3ccccc3Cl)c(Br)c2)SC(=S)N1c1ccc(Cl)c(Cl)c1. The Balaban J connectivity index is 1.56. The molecule has 0 radical (unpaired) electrons. The van der Waals surface area contributed by atoms with E-state index in [2.05, 4.69) is 31.9 Å². The maximum absolute atomic E-state index is 13.1. The van der Waals surface area contributed by atoms with Crippen molar-refractivity contribution < 1.29 is 9.53 Å². The minimum atomic E-state index is -0.227. The molecule has 0 atom stereocenters. The standard InChI is InChI=1S/C23H12Br2Cl3NO2S2/c24-15-7-12(8-16(25)21(15)31-11-13-3-1-2-4-17(13)26)9-20-22(30)29(23(32)33-20)14-5-6-18(27)19(28)10-14/h1-10H,11H2/b20-9-. The molecule has 1 aliphatic rings. The third-order valence-corrected chi connectivity index (χ3v) is 8.19. The first kappa shape index (κ1) is 25.0. The molecule has 1 heterocycles. The average molecular weight is 665 g/mol. The molecule has 3 nitrogen and oxygen atoms in total. The molecular weight excluding hydrogens is 653 g/mol. The van der Waals surface area contributed by atoms with Crippen molar-refractivity contribution in [3.63, 3.8) is 0 Å². The number of rotatable bonds is 5. The van der Waals surface area contributed by atoms with Crippen LogP contribution in [0.15, 0.2) is 68.4 Å². The van der Waals surface area contributed by atoms with E-state index in [0.717, 1.165) is 20.1 Å². The highest BCUT2D eigenvalue weighted by molar-refractivity contribution is 9.11. The molecule has 0 aromatic heterocycles. The van der Waals surface area contributed by atoms with Crippen molar-refractivity contribution in [2.45, 2.75) is 6.61 Å². The lowest BCUT2D eigenvalue weighted by Gasteiger charge is -2.15. The summed E-state index contributed by atoms with van der Waals surface area (Å²) < 4.78 is 7.85. The van der Waals surface area contributed by atoms with Crippen molar-refractivity contribution >= 4 is 113 Å². The van der Waals surface area contributed by atoms with Crippen LogP contribution in [0.4, 0.5) is 5.69 Å². The predicted molar refractivity (Wildman–Crippen MR) is 150 cm³/mol. The summed E-state index contributed by atoms with van der Waals surface area (Å²) in [5.41, 5.74) is 2.25. The monoisotopic (exact) mass is 661 g/mol. The first-order valence-corrected chi connectivity index (χ1v) is 13.3. The fourth-order valence-electron chi connectivity index (χ4n) is 3.03. The Morgan fingerprint density at radius 3 is 2.33 bits per heavy atom. The smallest absolute Gasteiger partial charge is 0.270 e. The van der Waals surface area contributed by atoms with Gasteiger partial charge in [-0.1, -0.05) is 77.0 Å². The molecule has 1 saturated heterocycles. The Kier molecular flexibility index (Phi) is 8.11. The van der Waals surface area contributed by atoms with Crippen LogP contribution in [-0.4, -0.2) is 10.2 Å². The summed E-state index contributed by atoms with van der Waals surface area (Å²) >= 11 is 32.1. The molecule has 168 valence electrons. The van der Waals surface area contributed by atoms with E-state index >= 15 is 0 Å². The van der Waals surface area contributed by atoms with Gasteiger partial charge < -0.3 is 4.74 Å². The maximum Gasteiger partial charge on any atom is 0.270 e. The average Bonchev–Trinajstić information content (AvgIpc) is 3.03. The van der Waals surface area contributed by atoms with Gasteiger partial charge in [-0.2, -0.15) is 0 Å². The topological polar surface area (TPSA) is 29.5 Å². The van der Waals surface area contributed by atoms with Crippen LogP contribution in [0, 0.1) is 0 Å². The second-order valence-electron chi connectivity index (χ2n) is 6.81. The van der Waals surface area contributed by atoms with Crippen LogP contribution in [0.1, 0.15) is 11.1 Å². The highest BCUT2D eigenvalue weighted by Crippen LogP contribution is 2.40. The third kappa shape index (κ3) is 5.61. The number of ether oxygens (including phenoxy) is 1. The minimum Gasteiger partial charge on any atom is -0.486 e. The van der Waals surface area contributed by atoms with E-state index in [9.17, 15) is 4.79 Å². The molecule has 3 aromatic rings. The summed E-state index contributed by atoms with van der Waals surface area (Å²) in [7, 11) is 0. The lowest BCUT2D eigenvalue weighted by Crippen LogP contribution is -2.27. The van der Waals surface area contributed by atoms with Crippen molar-refractivity contribution in [1.29, 1.82) is 0 Å². The summed E-state index contributed by atoms with van der Waals surface area (Å²) in [6.45, 7) is 0.318. The van der Waals surface area contributed by atoms with Gasteiger partial charge in [0.2, 0.25) is 0 Å². The van der Waals surface area contributed by atoms with Crippen LogP contribution in [0.5, 0.6) is 5.75 Å². The first-order chi connectivity index (χ1) is 15.7. The van der Waals surface area contributed by atoms with Gasteiger partial charge in [0.05, 0.1) is 29.6 Å². The number of hydrogen-bond donors (Lipinski definition) is 0. The molecule has 10 heteroatoms. The Labute approximate surface area is 232 Å². The van der Waals surface area contributed by atoms with Gasteiger partial charge in [-0.25, -0.2) is 0 Å². The van der Waals surface area contributed by atoms with Crippen molar-refractivity contribution in [3.8, 4) is 5.75 Å². The van der Waals surface area contributed by atoms with E-state index in [1.807, 2.05) is 36.4 Å². The van der Waals surface area contributed by atoms with E-state index < -0.39 is 0 Å². The number of benzene rings is 3. The summed E-state index contributed by atoms with van der Waals surface area (Å²) in [6.07, 6.45) is 1.78. The van der Waals surface area contributed by atoms with Gasteiger partial charge in [-0.15, -0.1) is 0 Å². The number of carbonyl (C=O) groups is 1. The molecule has 0 N–H and O–H groups in total. The van der Waals surface area contributed by atoms with Crippen LogP contribution < -0.4 is 9.64 Å². The van der Waals surface area contributed by atoms with Gasteiger partial charge in [0.25, 0.3) is 5.91 Å². The fourth-order valence-corrected chi connectivity index (χ4v) is 6.26. The molecule has 0 aliphatic carbocycles. The zero-order valence-electron chi connectivity index (χ0n) is 16.5. The van der Waals surface area contributed by atoms with Crippen molar-refractivity contribution in [2.24, 2.45) is 0 Å². The number of amides is 1. The molecule has 0 unspecified atom stereocenters. The lowest BCUT2D eigenvalue weighted by molar-refractivity contribution is -0.113. The molecule has 1 amide bonds. The molecule has 0 bridgehead atoms. The number of hydrogen-bond acceptors (Lipinski definition) is 4. The summed E-state index contributed by atoms with van der Waals surface area (Å²) in [4.78, 5) is 15.0. The van der Waals surface area contributed by atoms with Gasteiger partial charge in [-0.3, -0.25) is 9.69 Å². The Morgan fingerprint density at radius 2 is 1.67 bits per heavy atom. The van der Waals surface area contributed by atoms with Gasteiger partial charge in [-0.05, 0) is 79.9 Å². The van der Waals surface area contributed by atoms with E-state index in [4.69, 9.17) is 51.8 Å². The Hall–Kier alpha value is -1.06. The van der Waals surface area contributed by atoms with Gasteiger partial charge in [0.15, 0.2) is 4.32 Å². The van der Waals surface area contributed by atoms with Crippen LogP contribution >= 0.6 is 90.6 Å². The first-order valence-electron chi connectivity index (χ1n) is 9.33. The molecule has 4 rings (SSSR count). The van der Waals surface area contributed by atoms with Crippen molar-refractivity contribution in [3.05, 3.63) is 94.6 Å². The van der Waals surface area contributed by atoms with E-state index in [-0.39, 0.29) is 5.91 Å². The van der Waals surface area contributed by atoms with Gasteiger partial charge in [0, 0.05) is 10.6 Å².